The molecule has 0 aliphatic heterocycles. The van der Waals surface area contributed by atoms with E-state index in [9.17, 15) is 9.18 Å². The van der Waals surface area contributed by atoms with Crippen LogP contribution < -0.4 is 4.90 Å². The Labute approximate surface area is 172 Å². The Morgan fingerprint density at radius 2 is 1.86 bits per heavy atom. The smallest absolute Gasteiger partial charge is 0.260 e. The van der Waals surface area contributed by atoms with Crippen molar-refractivity contribution in [3.05, 3.63) is 83.6 Å². The van der Waals surface area contributed by atoms with Gasteiger partial charge in [-0.25, -0.2) is 9.37 Å². The number of carbonyl (C=O) groups is 1. The second-order valence-corrected chi connectivity index (χ2v) is 8.89. The lowest BCUT2D eigenvalue weighted by atomic mass is 9.86. The van der Waals surface area contributed by atoms with E-state index in [1.165, 1.54) is 22.3 Å². The van der Waals surface area contributed by atoms with Gasteiger partial charge in [0, 0.05) is 5.56 Å². The summed E-state index contributed by atoms with van der Waals surface area (Å²) in [5.41, 5.74) is 1.96. The number of benzene rings is 2. The highest BCUT2D eigenvalue weighted by atomic mass is 32.1. The minimum atomic E-state index is -0.398. The molecule has 6 heteroatoms. The summed E-state index contributed by atoms with van der Waals surface area (Å²) in [5.74, 6) is 0.0237. The Morgan fingerprint density at radius 3 is 2.48 bits per heavy atom. The quantitative estimate of drug-likeness (QED) is 0.405. The molecule has 2 aromatic heterocycles. The topological polar surface area (TPSA) is 46.3 Å². The average molecular weight is 408 g/mol. The molecular weight excluding hydrogens is 387 g/mol. The molecule has 2 aromatic carbocycles. The largest absolute Gasteiger partial charge is 0.467 e. The van der Waals surface area contributed by atoms with Crippen LogP contribution in [0.2, 0.25) is 0 Å². The van der Waals surface area contributed by atoms with Gasteiger partial charge in [0.25, 0.3) is 5.91 Å². The minimum Gasteiger partial charge on any atom is -0.467 e. The van der Waals surface area contributed by atoms with Gasteiger partial charge in [0.05, 0.1) is 17.5 Å². The number of para-hydroxylation sites is 1. The number of aromatic nitrogens is 1. The SMILES string of the molecule is CC(C)(C)c1ccc(C(=O)N(Cc2ccco2)c2nc3c(F)cccc3s2)cc1. The zero-order chi connectivity index (χ0) is 20.6. The molecule has 1 amide bonds. The molecule has 0 aliphatic carbocycles. The lowest BCUT2D eigenvalue weighted by Gasteiger charge is -2.21. The predicted molar refractivity (Wildman–Crippen MR) is 114 cm³/mol. The summed E-state index contributed by atoms with van der Waals surface area (Å²) in [6.07, 6.45) is 1.56. The maximum atomic E-state index is 14.1. The normalized spacial score (nSPS) is 11.7. The summed E-state index contributed by atoms with van der Waals surface area (Å²) < 4.78 is 20.3. The number of fused-ring (bicyclic) bond motifs is 1. The third-order valence-corrected chi connectivity index (χ3v) is 5.77. The second-order valence-electron chi connectivity index (χ2n) is 7.88. The van der Waals surface area contributed by atoms with E-state index in [2.05, 4.69) is 25.8 Å². The summed E-state index contributed by atoms with van der Waals surface area (Å²) in [7, 11) is 0. The zero-order valence-corrected chi connectivity index (χ0v) is 17.3. The minimum absolute atomic E-state index is 0.00000799. The first kappa shape index (κ1) is 19.3. The summed E-state index contributed by atoms with van der Waals surface area (Å²) in [5, 5.41) is 0.436. The fourth-order valence-corrected chi connectivity index (χ4v) is 4.05. The summed E-state index contributed by atoms with van der Waals surface area (Å²) in [4.78, 5) is 19.3. The fourth-order valence-electron chi connectivity index (χ4n) is 3.07. The molecule has 148 valence electrons. The van der Waals surface area contributed by atoms with Crippen LogP contribution in [0.4, 0.5) is 9.52 Å². The molecule has 2 heterocycles. The van der Waals surface area contributed by atoms with Gasteiger partial charge >= 0.3 is 0 Å². The van der Waals surface area contributed by atoms with Crippen LogP contribution in [0.1, 0.15) is 42.5 Å². The number of thiazole rings is 1. The summed E-state index contributed by atoms with van der Waals surface area (Å²) >= 11 is 1.28. The van der Waals surface area contributed by atoms with Crippen molar-refractivity contribution in [1.82, 2.24) is 4.98 Å². The Hall–Kier alpha value is -2.99. The predicted octanol–water partition coefficient (Wildman–Crippen LogP) is 6.17. The third-order valence-electron chi connectivity index (χ3n) is 4.73. The maximum Gasteiger partial charge on any atom is 0.260 e. The van der Waals surface area contributed by atoms with Gasteiger partial charge in [0.1, 0.15) is 17.1 Å². The van der Waals surface area contributed by atoms with Crippen molar-refractivity contribution in [3.63, 3.8) is 0 Å². The number of furan rings is 1. The molecule has 0 saturated heterocycles. The van der Waals surface area contributed by atoms with Gasteiger partial charge in [0.15, 0.2) is 5.13 Å². The van der Waals surface area contributed by atoms with Gasteiger partial charge in [-0.15, -0.1) is 0 Å². The van der Waals surface area contributed by atoms with Crippen molar-refractivity contribution in [2.45, 2.75) is 32.7 Å². The van der Waals surface area contributed by atoms with Crippen LogP contribution in [0, 0.1) is 5.82 Å². The first-order chi connectivity index (χ1) is 13.8. The van der Waals surface area contributed by atoms with E-state index in [1.54, 1.807) is 30.5 Å². The Bertz CT molecular complexity index is 1140. The fraction of sp³-hybridized carbons (Fsp3) is 0.217. The Kier molecular flexibility index (Phi) is 4.96. The molecule has 4 nitrogen and oxygen atoms in total. The first-order valence-electron chi connectivity index (χ1n) is 9.33. The van der Waals surface area contributed by atoms with E-state index in [0.29, 0.717) is 21.2 Å². The number of halogens is 1. The molecule has 4 aromatic rings. The Balaban J connectivity index is 1.73. The molecule has 0 N–H and O–H groups in total. The van der Waals surface area contributed by atoms with Gasteiger partial charge in [-0.2, -0.15) is 0 Å². The summed E-state index contributed by atoms with van der Waals surface area (Å²) in [6, 6.07) is 16.0. The van der Waals surface area contributed by atoms with Gasteiger partial charge in [0.2, 0.25) is 0 Å². The van der Waals surface area contributed by atoms with E-state index in [1.807, 2.05) is 24.3 Å². The van der Waals surface area contributed by atoms with Crippen molar-refractivity contribution < 1.29 is 13.6 Å². The number of rotatable bonds is 4. The lowest BCUT2D eigenvalue weighted by Crippen LogP contribution is -2.30. The van der Waals surface area contributed by atoms with Crippen LogP contribution in [0.5, 0.6) is 0 Å². The molecule has 0 fully saturated rings. The standard InChI is InChI=1S/C23H21FN2O2S/c1-23(2,3)16-11-9-15(10-12-16)21(27)26(14-17-6-5-13-28-17)22-25-20-18(24)7-4-8-19(20)29-22/h4-13H,14H2,1-3H3. The van der Waals surface area contributed by atoms with Gasteiger partial charge < -0.3 is 4.42 Å². The summed E-state index contributed by atoms with van der Waals surface area (Å²) in [6.45, 7) is 6.60. The molecule has 0 spiro atoms. The van der Waals surface area contributed by atoms with Crippen molar-refractivity contribution in [3.8, 4) is 0 Å². The van der Waals surface area contributed by atoms with Gasteiger partial charge in [-0.3, -0.25) is 9.69 Å². The van der Waals surface area contributed by atoms with E-state index in [4.69, 9.17) is 4.42 Å². The molecule has 0 unspecified atom stereocenters. The molecule has 29 heavy (non-hydrogen) atoms. The van der Waals surface area contributed by atoms with Crippen LogP contribution in [-0.2, 0) is 12.0 Å². The number of carbonyl (C=O) groups excluding carboxylic acids is 1. The average Bonchev–Trinajstić information content (AvgIpc) is 3.35. The molecule has 0 bridgehead atoms. The van der Waals surface area contributed by atoms with E-state index < -0.39 is 5.82 Å². The maximum absolute atomic E-state index is 14.1. The van der Waals surface area contributed by atoms with Crippen LogP contribution in [0.15, 0.2) is 65.3 Å². The van der Waals surface area contributed by atoms with Gasteiger partial charge in [-0.1, -0.05) is 50.3 Å². The van der Waals surface area contributed by atoms with Crippen molar-refractivity contribution in [2.75, 3.05) is 4.90 Å². The van der Waals surface area contributed by atoms with Crippen molar-refractivity contribution in [2.24, 2.45) is 0 Å². The first-order valence-corrected chi connectivity index (χ1v) is 10.1. The van der Waals surface area contributed by atoms with Crippen LogP contribution >= 0.6 is 11.3 Å². The van der Waals surface area contributed by atoms with E-state index in [0.717, 1.165) is 5.56 Å². The molecular formula is C23H21FN2O2S. The van der Waals surface area contributed by atoms with Crippen LogP contribution in [0.25, 0.3) is 10.2 Å². The number of amides is 1. The third kappa shape index (κ3) is 3.93. The highest BCUT2D eigenvalue weighted by molar-refractivity contribution is 7.22. The number of anilines is 1. The molecule has 0 saturated carbocycles. The van der Waals surface area contributed by atoms with E-state index in [-0.39, 0.29) is 23.4 Å². The molecule has 0 aliphatic rings. The van der Waals surface area contributed by atoms with Gasteiger partial charge in [-0.05, 0) is 47.4 Å². The second kappa shape index (κ2) is 7.44. The number of hydrogen-bond acceptors (Lipinski definition) is 4. The number of nitrogens with zero attached hydrogens (tertiary/aromatic N) is 2. The highest BCUT2D eigenvalue weighted by Crippen LogP contribution is 2.32. The molecule has 4 rings (SSSR count). The van der Waals surface area contributed by atoms with E-state index >= 15 is 0 Å². The lowest BCUT2D eigenvalue weighted by molar-refractivity contribution is 0.0983. The molecule has 0 radical (unpaired) electrons. The van der Waals surface area contributed by atoms with Crippen LogP contribution in [0.3, 0.4) is 0 Å². The van der Waals surface area contributed by atoms with Crippen molar-refractivity contribution >= 4 is 32.6 Å². The van der Waals surface area contributed by atoms with Crippen molar-refractivity contribution in [1.29, 1.82) is 0 Å². The Morgan fingerprint density at radius 1 is 1.10 bits per heavy atom. The molecule has 0 atom stereocenters. The van der Waals surface area contributed by atoms with Crippen LogP contribution in [-0.4, -0.2) is 10.9 Å². The number of hydrogen-bond donors (Lipinski definition) is 0. The highest BCUT2D eigenvalue weighted by Gasteiger charge is 2.24. The monoisotopic (exact) mass is 408 g/mol. The zero-order valence-electron chi connectivity index (χ0n) is 16.5.